The Balaban J connectivity index is 2.79. The number of hydrogen-bond acceptors (Lipinski definition) is 3. The molecule has 0 aliphatic heterocycles. The summed E-state index contributed by atoms with van der Waals surface area (Å²) in [6.45, 7) is 3.47. The number of carbonyl (C=O) groups excluding carboxylic acids is 2. The molecule has 0 saturated heterocycles. The molecule has 0 aliphatic carbocycles. The molecule has 0 radical (unpaired) electrons. The smallest absolute Gasteiger partial charge is 0.254 e. The third kappa shape index (κ3) is 4.14. The molecule has 0 spiro atoms. The van der Waals surface area contributed by atoms with Crippen molar-refractivity contribution in [1.29, 1.82) is 0 Å². The third-order valence-electron chi connectivity index (χ3n) is 2.07. The maximum absolute atomic E-state index is 11.9. The van der Waals surface area contributed by atoms with Crippen molar-refractivity contribution in [1.82, 2.24) is 10.3 Å². The van der Waals surface area contributed by atoms with Gasteiger partial charge in [-0.3, -0.25) is 9.59 Å². The Morgan fingerprint density at radius 1 is 1.53 bits per heavy atom. The summed E-state index contributed by atoms with van der Waals surface area (Å²) in [4.78, 5) is 26.7. The zero-order valence-corrected chi connectivity index (χ0v) is 11.2. The number of amides is 2. The van der Waals surface area contributed by atoms with E-state index in [1.54, 1.807) is 32.2 Å². The molecule has 1 rings (SSSR count). The molecule has 1 heterocycles. The first-order valence-corrected chi connectivity index (χ1v) is 5.82. The maximum atomic E-state index is 11.9. The van der Waals surface area contributed by atoms with Gasteiger partial charge >= 0.3 is 0 Å². The van der Waals surface area contributed by atoms with Gasteiger partial charge in [-0.15, -0.1) is 0 Å². The van der Waals surface area contributed by atoms with E-state index in [9.17, 15) is 9.59 Å². The lowest BCUT2D eigenvalue weighted by molar-refractivity contribution is -0.119. The molecule has 3 N–H and O–H groups in total. The highest BCUT2D eigenvalue weighted by Crippen LogP contribution is 2.15. The van der Waals surface area contributed by atoms with Crippen LogP contribution in [-0.2, 0) is 4.79 Å². The predicted molar refractivity (Wildman–Crippen MR) is 67.3 cm³/mol. The molecular weight excluding hydrogens is 286 g/mol. The second-order valence-electron chi connectivity index (χ2n) is 4.32. The largest absolute Gasteiger partial charge is 0.370 e. The van der Waals surface area contributed by atoms with E-state index in [0.29, 0.717) is 10.2 Å². The highest BCUT2D eigenvalue weighted by Gasteiger charge is 2.24. The molecule has 0 saturated carbocycles. The van der Waals surface area contributed by atoms with Crippen molar-refractivity contribution in [3.05, 3.63) is 28.5 Å². The minimum atomic E-state index is -0.682. The van der Waals surface area contributed by atoms with Crippen LogP contribution < -0.4 is 11.1 Å². The number of nitrogens with one attached hydrogen (secondary N) is 1. The Hall–Kier alpha value is -1.43. The molecule has 0 aromatic carbocycles. The third-order valence-corrected chi connectivity index (χ3v) is 2.70. The number of halogens is 1. The predicted octanol–water partition coefficient (Wildman–Crippen LogP) is 1.23. The van der Waals surface area contributed by atoms with Gasteiger partial charge in [0, 0.05) is 18.2 Å². The molecule has 0 aliphatic rings. The summed E-state index contributed by atoms with van der Waals surface area (Å²) in [5, 5.41) is 2.73. The van der Waals surface area contributed by atoms with Crippen LogP contribution >= 0.6 is 15.9 Å². The highest BCUT2D eigenvalue weighted by atomic mass is 79.9. The van der Waals surface area contributed by atoms with Crippen molar-refractivity contribution in [3.8, 4) is 0 Å². The van der Waals surface area contributed by atoms with Crippen molar-refractivity contribution in [2.75, 3.05) is 0 Å². The van der Waals surface area contributed by atoms with Gasteiger partial charge in [0.1, 0.15) is 4.60 Å². The zero-order valence-electron chi connectivity index (χ0n) is 9.66. The van der Waals surface area contributed by atoms with Crippen molar-refractivity contribution < 1.29 is 9.59 Å². The molecular formula is C11H14BrN3O2. The van der Waals surface area contributed by atoms with E-state index in [0.717, 1.165) is 0 Å². The topological polar surface area (TPSA) is 85.1 Å². The van der Waals surface area contributed by atoms with Gasteiger partial charge < -0.3 is 11.1 Å². The summed E-state index contributed by atoms with van der Waals surface area (Å²) >= 11 is 3.19. The average molecular weight is 300 g/mol. The standard InChI is InChI=1S/C11H14BrN3O2/c1-11(2,6-8(13)16)15-10(17)7-4-3-5-14-9(7)12/h3-5H,6H2,1-2H3,(H2,13,16)(H,15,17). The molecule has 1 aromatic heterocycles. The van der Waals surface area contributed by atoms with Gasteiger partial charge in [0.2, 0.25) is 5.91 Å². The summed E-state index contributed by atoms with van der Waals surface area (Å²) in [5.74, 6) is -0.753. The fraction of sp³-hybridized carbons (Fsp3) is 0.364. The van der Waals surface area contributed by atoms with E-state index in [1.807, 2.05) is 0 Å². The van der Waals surface area contributed by atoms with Crippen LogP contribution in [0.15, 0.2) is 22.9 Å². The van der Waals surface area contributed by atoms with Crippen molar-refractivity contribution >= 4 is 27.7 Å². The Morgan fingerprint density at radius 3 is 2.71 bits per heavy atom. The summed E-state index contributed by atoms with van der Waals surface area (Å²) in [6.07, 6.45) is 1.66. The van der Waals surface area contributed by atoms with Gasteiger partial charge in [-0.1, -0.05) is 0 Å². The lowest BCUT2D eigenvalue weighted by Crippen LogP contribution is -2.46. The van der Waals surface area contributed by atoms with Crippen LogP contribution in [0.3, 0.4) is 0 Å². The number of rotatable bonds is 4. The second kappa shape index (κ2) is 5.27. The SMILES string of the molecule is CC(C)(CC(N)=O)NC(=O)c1cccnc1Br. The van der Waals surface area contributed by atoms with E-state index in [4.69, 9.17) is 5.73 Å². The van der Waals surface area contributed by atoms with Gasteiger partial charge in [-0.05, 0) is 41.9 Å². The Bertz CT molecular complexity index is 446. The van der Waals surface area contributed by atoms with Crippen LogP contribution in [0.2, 0.25) is 0 Å². The normalized spacial score (nSPS) is 11.0. The number of hydrogen-bond donors (Lipinski definition) is 2. The fourth-order valence-electron chi connectivity index (χ4n) is 1.41. The summed E-state index contributed by atoms with van der Waals surface area (Å²) in [6, 6.07) is 3.31. The Kier molecular flexibility index (Phi) is 4.22. The summed E-state index contributed by atoms with van der Waals surface area (Å²) < 4.78 is 0.465. The quantitative estimate of drug-likeness (QED) is 0.820. The number of carbonyl (C=O) groups is 2. The Labute approximate surface area is 108 Å². The first-order valence-electron chi connectivity index (χ1n) is 5.03. The minimum absolute atomic E-state index is 0.0800. The first-order chi connectivity index (χ1) is 7.82. The molecule has 0 bridgehead atoms. The van der Waals surface area contributed by atoms with Gasteiger partial charge in [0.15, 0.2) is 0 Å². The number of aromatic nitrogens is 1. The summed E-state index contributed by atoms with van der Waals surface area (Å²) in [7, 11) is 0. The van der Waals surface area contributed by atoms with Crippen molar-refractivity contribution in [3.63, 3.8) is 0 Å². The number of nitrogens with zero attached hydrogens (tertiary/aromatic N) is 1. The molecule has 92 valence electrons. The van der Waals surface area contributed by atoms with Gasteiger partial charge in [0.25, 0.3) is 5.91 Å². The Morgan fingerprint density at radius 2 is 2.18 bits per heavy atom. The molecule has 6 heteroatoms. The second-order valence-corrected chi connectivity index (χ2v) is 5.07. The number of pyridine rings is 1. The van der Waals surface area contributed by atoms with E-state index in [1.165, 1.54) is 0 Å². The van der Waals surface area contributed by atoms with Crippen LogP contribution in [0.1, 0.15) is 30.6 Å². The van der Waals surface area contributed by atoms with Crippen LogP contribution in [0.25, 0.3) is 0 Å². The van der Waals surface area contributed by atoms with Gasteiger partial charge in [-0.2, -0.15) is 0 Å². The lowest BCUT2D eigenvalue weighted by atomic mass is 10.00. The zero-order chi connectivity index (χ0) is 13.1. The summed E-state index contributed by atoms with van der Waals surface area (Å²) in [5.41, 5.74) is 4.85. The van der Waals surface area contributed by atoms with Crippen LogP contribution in [0.5, 0.6) is 0 Å². The average Bonchev–Trinajstić information content (AvgIpc) is 2.14. The molecule has 5 nitrogen and oxygen atoms in total. The van der Waals surface area contributed by atoms with E-state index in [2.05, 4.69) is 26.2 Å². The van der Waals surface area contributed by atoms with Gasteiger partial charge in [-0.25, -0.2) is 4.98 Å². The molecule has 0 unspecified atom stereocenters. The highest BCUT2D eigenvalue weighted by molar-refractivity contribution is 9.10. The lowest BCUT2D eigenvalue weighted by Gasteiger charge is -2.24. The monoisotopic (exact) mass is 299 g/mol. The first kappa shape index (κ1) is 13.6. The van der Waals surface area contributed by atoms with E-state index in [-0.39, 0.29) is 12.3 Å². The number of nitrogens with two attached hydrogens (primary N) is 1. The minimum Gasteiger partial charge on any atom is -0.370 e. The van der Waals surface area contributed by atoms with E-state index < -0.39 is 11.4 Å². The maximum Gasteiger partial charge on any atom is 0.254 e. The van der Waals surface area contributed by atoms with Gasteiger partial charge in [0.05, 0.1) is 5.56 Å². The number of primary amides is 1. The van der Waals surface area contributed by atoms with Crippen molar-refractivity contribution in [2.45, 2.75) is 25.8 Å². The molecule has 2 amide bonds. The van der Waals surface area contributed by atoms with E-state index >= 15 is 0 Å². The molecule has 17 heavy (non-hydrogen) atoms. The molecule has 0 fully saturated rings. The van der Waals surface area contributed by atoms with Crippen LogP contribution in [0.4, 0.5) is 0 Å². The van der Waals surface area contributed by atoms with Crippen LogP contribution in [-0.4, -0.2) is 22.3 Å². The molecule has 1 aromatic rings. The molecule has 0 atom stereocenters. The van der Waals surface area contributed by atoms with Crippen LogP contribution in [0, 0.1) is 0 Å². The van der Waals surface area contributed by atoms with Crippen molar-refractivity contribution in [2.24, 2.45) is 5.73 Å². The fourth-order valence-corrected chi connectivity index (χ4v) is 1.84.